The van der Waals surface area contributed by atoms with Crippen molar-refractivity contribution in [2.24, 2.45) is 17.3 Å². The van der Waals surface area contributed by atoms with Gasteiger partial charge >= 0.3 is 11.9 Å². The molecule has 0 N–H and O–H groups in total. The highest BCUT2D eigenvalue weighted by Gasteiger charge is 2.56. The van der Waals surface area contributed by atoms with E-state index in [1.54, 1.807) is 12.1 Å². The molecule has 5 rings (SSSR count). The first kappa shape index (κ1) is 21.2. The highest BCUT2D eigenvalue weighted by atomic mass is 16.5. The number of benzene rings is 2. The van der Waals surface area contributed by atoms with Gasteiger partial charge in [0.05, 0.1) is 5.56 Å². The molecule has 0 amide bonds. The lowest BCUT2D eigenvalue weighted by Crippen LogP contribution is -2.45. The lowest BCUT2D eigenvalue weighted by Gasteiger charge is -2.50. The summed E-state index contributed by atoms with van der Waals surface area (Å²) in [5.74, 6) is 2.06. The highest BCUT2D eigenvalue weighted by Crippen LogP contribution is 2.61. The number of aryl methyl sites for hydroxylation is 1. The normalized spacial score (nSPS) is 30.6. The van der Waals surface area contributed by atoms with Crippen molar-refractivity contribution in [3.63, 3.8) is 0 Å². The van der Waals surface area contributed by atoms with Crippen LogP contribution >= 0.6 is 0 Å². The Kier molecular flexibility index (Phi) is 5.56. The SMILES string of the molecule is CCC(=O)O[C@@H]1CCC2C3CCc4cc(OC(=O)c5ccccc5)ccc4C3CC[C@@]21C. The summed E-state index contributed by atoms with van der Waals surface area (Å²) in [6.45, 7) is 4.23. The average molecular weight is 433 g/mol. The van der Waals surface area contributed by atoms with Crippen LogP contribution in [-0.4, -0.2) is 18.0 Å². The molecule has 168 valence electrons. The van der Waals surface area contributed by atoms with Gasteiger partial charge in [0.1, 0.15) is 11.9 Å². The molecule has 4 heteroatoms. The predicted octanol–water partition coefficient (Wildman–Crippen LogP) is 6.08. The van der Waals surface area contributed by atoms with Crippen LogP contribution in [0.3, 0.4) is 0 Å². The molecule has 2 aromatic carbocycles. The van der Waals surface area contributed by atoms with Crippen LogP contribution in [0.1, 0.15) is 79.8 Å². The number of esters is 2. The average Bonchev–Trinajstić information content (AvgIpc) is 3.15. The second-order valence-electron chi connectivity index (χ2n) is 9.99. The Labute approximate surface area is 190 Å². The summed E-state index contributed by atoms with van der Waals surface area (Å²) in [4.78, 5) is 24.4. The zero-order chi connectivity index (χ0) is 22.3. The van der Waals surface area contributed by atoms with Crippen molar-refractivity contribution >= 4 is 11.9 Å². The molecule has 2 aromatic rings. The largest absolute Gasteiger partial charge is 0.462 e. The minimum Gasteiger partial charge on any atom is -0.462 e. The van der Waals surface area contributed by atoms with Crippen LogP contribution in [0.4, 0.5) is 0 Å². The molecule has 0 aromatic heterocycles. The Morgan fingerprint density at radius 2 is 1.84 bits per heavy atom. The van der Waals surface area contributed by atoms with E-state index in [0.29, 0.717) is 35.5 Å². The maximum absolute atomic E-state index is 12.4. The van der Waals surface area contributed by atoms with Crippen molar-refractivity contribution in [1.29, 1.82) is 0 Å². The van der Waals surface area contributed by atoms with Crippen molar-refractivity contribution in [3.05, 3.63) is 65.2 Å². The summed E-state index contributed by atoms with van der Waals surface area (Å²) in [6, 6.07) is 15.3. The van der Waals surface area contributed by atoms with Crippen LogP contribution < -0.4 is 4.74 Å². The zero-order valence-corrected chi connectivity index (χ0v) is 19.0. The smallest absolute Gasteiger partial charge is 0.343 e. The fourth-order valence-electron chi connectivity index (χ4n) is 6.75. The second-order valence-corrected chi connectivity index (χ2v) is 9.99. The number of carbonyl (C=O) groups is 2. The number of hydrogen-bond donors (Lipinski definition) is 0. The quantitative estimate of drug-likeness (QED) is 0.434. The fourth-order valence-corrected chi connectivity index (χ4v) is 6.75. The summed E-state index contributed by atoms with van der Waals surface area (Å²) in [5.41, 5.74) is 3.42. The Bertz CT molecular complexity index is 1010. The summed E-state index contributed by atoms with van der Waals surface area (Å²) in [6.07, 6.45) is 7.08. The second kappa shape index (κ2) is 8.38. The Hall–Kier alpha value is -2.62. The van der Waals surface area contributed by atoms with E-state index in [2.05, 4.69) is 19.1 Å². The Morgan fingerprint density at radius 1 is 1.03 bits per heavy atom. The number of hydrogen-bond acceptors (Lipinski definition) is 4. The van der Waals surface area contributed by atoms with Crippen molar-refractivity contribution in [1.82, 2.24) is 0 Å². The van der Waals surface area contributed by atoms with Crippen LogP contribution in [0.5, 0.6) is 5.75 Å². The molecule has 2 saturated carbocycles. The maximum Gasteiger partial charge on any atom is 0.343 e. The summed E-state index contributed by atoms with van der Waals surface area (Å²) in [7, 11) is 0. The van der Waals surface area contributed by atoms with E-state index in [1.165, 1.54) is 11.1 Å². The minimum absolute atomic E-state index is 0.0643. The molecule has 3 aliphatic carbocycles. The Balaban J connectivity index is 1.33. The van der Waals surface area contributed by atoms with E-state index in [9.17, 15) is 9.59 Å². The van der Waals surface area contributed by atoms with Crippen molar-refractivity contribution in [3.8, 4) is 5.75 Å². The standard InChI is InChI=1S/C28H32O4/c1-3-26(29)32-25-14-13-24-23-11-9-19-17-20(31-27(30)18-7-5-4-6-8-18)10-12-21(19)22(23)15-16-28(24,25)2/h4-8,10,12,17,22-25H,3,9,11,13-16H2,1-2H3/t22?,23?,24?,25-,28+/m1/s1. The minimum atomic E-state index is -0.314. The van der Waals surface area contributed by atoms with E-state index < -0.39 is 0 Å². The van der Waals surface area contributed by atoms with E-state index in [1.807, 2.05) is 31.2 Å². The molecule has 32 heavy (non-hydrogen) atoms. The molecule has 0 saturated heterocycles. The van der Waals surface area contributed by atoms with Crippen molar-refractivity contribution in [2.75, 3.05) is 0 Å². The van der Waals surface area contributed by atoms with Gasteiger partial charge in [-0.15, -0.1) is 0 Å². The third-order valence-corrected chi connectivity index (χ3v) is 8.39. The van der Waals surface area contributed by atoms with E-state index in [-0.39, 0.29) is 23.5 Å². The third-order valence-electron chi connectivity index (χ3n) is 8.39. The van der Waals surface area contributed by atoms with Crippen molar-refractivity contribution in [2.45, 2.75) is 70.8 Å². The lowest BCUT2D eigenvalue weighted by molar-refractivity contribution is -0.157. The maximum atomic E-state index is 12.4. The Morgan fingerprint density at radius 3 is 2.62 bits per heavy atom. The molecular weight excluding hydrogens is 400 g/mol. The van der Waals surface area contributed by atoms with E-state index >= 15 is 0 Å². The summed E-state index contributed by atoms with van der Waals surface area (Å²) >= 11 is 0. The molecule has 3 aliphatic rings. The van der Waals surface area contributed by atoms with Crippen molar-refractivity contribution < 1.29 is 19.1 Å². The lowest BCUT2D eigenvalue weighted by atomic mass is 9.55. The van der Waals surface area contributed by atoms with Gasteiger partial charge in [0.15, 0.2) is 0 Å². The molecular formula is C28H32O4. The van der Waals surface area contributed by atoms with Gasteiger partial charge in [0.25, 0.3) is 0 Å². The number of ether oxygens (including phenoxy) is 2. The van der Waals surface area contributed by atoms with Crippen LogP contribution in [0.2, 0.25) is 0 Å². The van der Waals surface area contributed by atoms with Gasteiger partial charge in [-0.2, -0.15) is 0 Å². The van der Waals surface area contributed by atoms with Gasteiger partial charge < -0.3 is 9.47 Å². The third kappa shape index (κ3) is 3.64. The first-order chi connectivity index (χ1) is 15.5. The van der Waals surface area contributed by atoms with Gasteiger partial charge in [-0.25, -0.2) is 4.79 Å². The van der Waals surface area contributed by atoms with Gasteiger partial charge in [0, 0.05) is 11.8 Å². The molecule has 4 nitrogen and oxygen atoms in total. The topological polar surface area (TPSA) is 52.6 Å². The predicted molar refractivity (Wildman–Crippen MR) is 123 cm³/mol. The van der Waals surface area contributed by atoms with Crippen LogP contribution in [-0.2, 0) is 16.0 Å². The number of carbonyl (C=O) groups excluding carboxylic acids is 2. The molecule has 0 bridgehead atoms. The van der Waals surface area contributed by atoms with Gasteiger partial charge in [-0.3, -0.25) is 4.79 Å². The zero-order valence-electron chi connectivity index (χ0n) is 19.0. The molecule has 3 unspecified atom stereocenters. The van der Waals surface area contributed by atoms with Crippen LogP contribution in [0.15, 0.2) is 48.5 Å². The van der Waals surface area contributed by atoms with Crippen LogP contribution in [0.25, 0.3) is 0 Å². The summed E-state index contributed by atoms with van der Waals surface area (Å²) < 4.78 is 11.5. The van der Waals surface area contributed by atoms with Gasteiger partial charge in [-0.1, -0.05) is 38.1 Å². The number of rotatable bonds is 4. The molecule has 0 radical (unpaired) electrons. The van der Waals surface area contributed by atoms with Gasteiger partial charge in [-0.05, 0) is 91.7 Å². The molecule has 0 spiro atoms. The fraction of sp³-hybridized carbons (Fsp3) is 0.500. The monoisotopic (exact) mass is 432 g/mol. The number of fused-ring (bicyclic) bond motifs is 5. The van der Waals surface area contributed by atoms with E-state index in [4.69, 9.17) is 9.47 Å². The van der Waals surface area contributed by atoms with E-state index in [0.717, 1.165) is 38.5 Å². The van der Waals surface area contributed by atoms with Gasteiger partial charge in [0.2, 0.25) is 0 Å². The van der Waals surface area contributed by atoms with Crippen LogP contribution in [0, 0.1) is 17.3 Å². The molecule has 0 heterocycles. The summed E-state index contributed by atoms with van der Waals surface area (Å²) in [5, 5.41) is 0. The molecule has 5 atom stereocenters. The molecule has 0 aliphatic heterocycles. The first-order valence-corrected chi connectivity index (χ1v) is 12.1. The molecule has 2 fully saturated rings. The highest BCUT2D eigenvalue weighted by molar-refractivity contribution is 5.91. The first-order valence-electron chi connectivity index (χ1n) is 12.1.